The highest BCUT2D eigenvalue weighted by Gasteiger charge is 2.28. The molecular weight excluding hydrogens is 568 g/mol. The normalized spacial score (nSPS) is 14.2. The van der Waals surface area contributed by atoms with Crippen LogP contribution in [0.25, 0.3) is 27.4 Å². The lowest BCUT2D eigenvalue weighted by molar-refractivity contribution is 0.0527. The highest BCUT2D eigenvalue weighted by molar-refractivity contribution is 7.89. The van der Waals surface area contributed by atoms with Crippen molar-refractivity contribution in [1.29, 1.82) is 0 Å². The van der Waals surface area contributed by atoms with Crippen molar-refractivity contribution in [3.63, 3.8) is 0 Å². The summed E-state index contributed by atoms with van der Waals surface area (Å²) in [5, 5.41) is 2.06. The van der Waals surface area contributed by atoms with Gasteiger partial charge in [-0.15, -0.1) is 0 Å². The van der Waals surface area contributed by atoms with Gasteiger partial charge in [-0.2, -0.15) is 4.31 Å². The van der Waals surface area contributed by atoms with Crippen molar-refractivity contribution in [1.82, 2.24) is 8.87 Å². The molecule has 10 heteroatoms. The quantitative estimate of drug-likeness (QED) is 0.180. The molecule has 0 N–H and O–H groups in total. The van der Waals surface area contributed by atoms with Gasteiger partial charge >= 0.3 is 11.9 Å². The van der Waals surface area contributed by atoms with Gasteiger partial charge in [0, 0.05) is 40.6 Å². The summed E-state index contributed by atoms with van der Waals surface area (Å²) in [5.41, 5.74) is 2.95. The van der Waals surface area contributed by atoms with E-state index in [9.17, 15) is 18.0 Å². The Morgan fingerprint density at radius 1 is 0.837 bits per heavy atom. The SMILES string of the molecule is CCOC(=O)c1c(C)n(-c2ccccc2)c2c1cc(OC(=O)c1ccc(S(=O)(=O)N3CCOCC3)cc1)c1ccccc12. The van der Waals surface area contributed by atoms with Crippen LogP contribution >= 0.6 is 0 Å². The zero-order valence-corrected chi connectivity index (χ0v) is 24.6. The van der Waals surface area contributed by atoms with E-state index in [0.717, 1.165) is 16.6 Å². The number of esters is 2. The summed E-state index contributed by atoms with van der Waals surface area (Å²) in [6.07, 6.45) is 0. The van der Waals surface area contributed by atoms with E-state index < -0.39 is 22.0 Å². The second-order valence-corrected chi connectivity index (χ2v) is 12.0. The van der Waals surface area contributed by atoms with E-state index >= 15 is 0 Å². The van der Waals surface area contributed by atoms with E-state index in [-0.39, 0.29) is 35.9 Å². The van der Waals surface area contributed by atoms with Crippen LogP contribution in [0.2, 0.25) is 0 Å². The molecule has 0 aliphatic carbocycles. The average molecular weight is 599 g/mol. The maximum Gasteiger partial charge on any atom is 0.343 e. The molecule has 0 unspecified atom stereocenters. The van der Waals surface area contributed by atoms with Gasteiger partial charge in [0.2, 0.25) is 10.0 Å². The molecule has 2 heterocycles. The third kappa shape index (κ3) is 5.18. The molecular formula is C33H30N2O7S. The lowest BCUT2D eigenvalue weighted by Crippen LogP contribution is -2.40. The van der Waals surface area contributed by atoms with Crippen molar-refractivity contribution in [2.24, 2.45) is 0 Å². The highest BCUT2D eigenvalue weighted by Crippen LogP contribution is 2.40. The fraction of sp³-hybridized carbons (Fsp3) is 0.212. The molecule has 0 amide bonds. The Balaban J connectivity index is 1.43. The fourth-order valence-corrected chi connectivity index (χ4v) is 6.94. The van der Waals surface area contributed by atoms with Gasteiger partial charge in [-0.3, -0.25) is 0 Å². The van der Waals surface area contributed by atoms with Crippen molar-refractivity contribution < 1.29 is 32.2 Å². The molecule has 0 atom stereocenters. The lowest BCUT2D eigenvalue weighted by Gasteiger charge is -2.26. The minimum Gasteiger partial charge on any atom is -0.462 e. The van der Waals surface area contributed by atoms with Crippen molar-refractivity contribution in [3.05, 3.63) is 102 Å². The van der Waals surface area contributed by atoms with E-state index in [1.165, 1.54) is 28.6 Å². The van der Waals surface area contributed by atoms with Crippen molar-refractivity contribution in [2.45, 2.75) is 18.7 Å². The number of nitrogens with zero attached hydrogens (tertiary/aromatic N) is 2. The van der Waals surface area contributed by atoms with Crippen LogP contribution in [0.5, 0.6) is 5.75 Å². The van der Waals surface area contributed by atoms with Crippen LogP contribution in [0, 0.1) is 6.92 Å². The number of morpholine rings is 1. The first-order valence-corrected chi connectivity index (χ1v) is 15.4. The smallest absolute Gasteiger partial charge is 0.343 e. The molecule has 43 heavy (non-hydrogen) atoms. The van der Waals surface area contributed by atoms with Crippen LogP contribution in [0.15, 0.2) is 89.8 Å². The second-order valence-electron chi connectivity index (χ2n) is 10.1. The van der Waals surface area contributed by atoms with Gasteiger partial charge in [-0.1, -0.05) is 42.5 Å². The van der Waals surface area contributed by atoms with Crippen LogP contribution in [0.1, 0.15) is 33.3 Å². The first kappa shape index (κ1) is 28.6. The molecule has 220 valence electrons. The average Bonchev–Trinajstić information content (AvgIpc) is 3.33. The number of hydrogen-bond acceptors (Lipinski definition) is 7. The minimum atomic E-state index is -3.70. The van der Waals surface area contributed by atoms with Gasteiger partial charge in [0.25, 0.3) is 0 Å². The van der Waals surface area contributed by atoms with E-state index in [4.69, 9.17) is 14.2 Å². The summed E-state index contributed by atoms with van der Waals surface area (Å²) in [6.45, 7) is 5.07. The number of ether oxygens (including phenoxy) is 3. The van der Waals surface area contributed by atoms with Crippen molar-refractivity contribution in [3.8, 4) is 11.4 Å². The van der Waals surface area contributed by atoms with Crippen molar-refractivity contribution >= 4 is 43.6 Å². The van der Waals surface area contributed by atoms with E-state index in [2.05, 4.69) is 0 Å². The van der Waals surface area contributed by atoms with E-state index in [0.29, 0.717) is 35.2 Å². The maximum absolute atomic E-state index is 13.4. The van der Waals surface area contributed by atoms with Crippen LogP contribution in [-0.4, -0.2) is 62.1 Å². The largest absolute Gasteiger partial charge is 0.462 e. The molecule has 0 radical (unpaired) electrons. The van der Waals surface area contributed by atoms with Gasteiger partial charge in [0.15, 0.2) is 0 Å². The van der Waals surface area contributed by atoms with Crippen LogP contribution < -0.4 is 4.74 Å². The standard InChI is InChI=1S/C33H30N2O7S/c1-3-41-33(37)30-22(2)35(24-9-5-4-6-10-24)31-27-12-8-7-11-26(27)29(21-28(30)31)42-32(36)23-13-15-25(16-14-23)43(38,39)34-17-19-40-20-18-34/h4-16,21H,3,17-20H2,1-2H3. The summed E-state index contributed by atoms with van der Waals surface area (Å²) >= 11 is 0. The van der Waals surface area contributed by atoms with Crippen LogP contribution in [0.3, 0.4) is 0 Å². The van der Waals surface area contributed by atoms with Gasteiger partial charge in [0.05, 0.1) is 41.4 Å². The Hall–Kier alpha value is -4.51. The van der Waals surface area contributed by atoms with Crippen molar-refractivity contribution in [2.75, 3.05) is 32.9 Å². The first-order chi connectivity index (χ1) is 20.8. The number of sulfonamides is 1. The number of fused-ring (bicyclic) bond motifs is 3. The zero-order valence-electron chi connectivity index (χ0n) is 23.8. The Kier molecular flexibility index (Phi) is 7.74. The molecule has 6 rings (SSSR count). The van der Waals surface area contributed by atoms with E-state index in [1.54, 1.807) is 13.0 Å². The summed E-state index contributed by atoms with van der Waals surface area (Å²) < 4.78 is 46.0. The number of benzene rings is 4. The van der Waals surface area contributed by atoms with Gasteiger partial charge in [-0.05, 0) is 56.3 Å². The van der Waals surface area contributed by atoms with Crippen LogP contribution in [-0.2, 0) is 19.5 Å². The Morgan fingerprint density at radius 3 is 2.16 bits per heavy atom. The number of rotatable bonds is 7. The molecule has 0 spiro atoms. The third-order valence-electron chi connectivity index (χ3n) is 7.56. The number of carbonyl (C=O) groups is 2. The second kappa shape index (κ2) is 11.6. The molecule has 0 saturated carbocycles. The van der Waals surface area contributed by atoms with Gasteiger partial charge in [0.1, 0.15) is 5.75 Å². The monoisotopic (exact) mass is 598 g/mol. The van der Waals surface area contributed by atoms with E-state index in [1.807, 2.05) is 66.1 Å². The maximum atomic E-state index is 13.4. The molecule has 4 aromatic carbocycles. The van der Waals surface area contributed by atoms with Gasteiger partial charge < -0.3 is 18.8 Å². The number of hydrogen-bond donors (Lipinski definition) is 0. The molecule has 5 aromatic rings. The third-order valence-corrected chi connectivity index (χ3v) is 9.48. The Labute approximate surface area is 249 Å². The molecule has 9 nitrogen and oxygen atoms in total. The number of carbonyl (C=O) groups excluding carboxylic acids is 2. The fourth-order valence-electron chi connectivity index (χ4n) is 5.54. The Bertz CT molecular complexity index is 1940. The van der Waals surface area contributed by atoms with Crippen LogP contribution in [0.4, 0.5) is 0 Å². The molecule has 1 aromatic heterocycles. The summed E-state index contributed by atoms with van der Waals surface area (Å²) in [7, 11) is -3.70. The zero-order chi connectivity index (χ0) is 30.1. The summed E-state index contributed by atoms with van der Waals surface area (Å²) in [5.74, 6) is -0.852. The molecule has 1 saturated heterocycles. The molecule has 1 aliphatic rings. The first-order valence-electron chi connectivity index (χ1n) is 14.0. The minimum absolute atomic E-state index is 0.0922. The molecule has 1 fully saturated rings. The molecule has 0 bridgehead atoms. The lowest BCUT2D eigenvalue weighted by atomic mass is 10.0. The predicted octanol–water partition coefficient (Wildman–Crippen LogP) is 5.51. The number of para-hydroxylation sites is 1. The highest BCUT2D eigenvalue weighted by atomic mass is 32.2. The summed E-state index contributed by atoms with van der Waals surface area (Å²) in [6, 6.07) is 24.6. The Morgan fingerprint density at radius 2 is 1.49 bits per heavy atom. The number of aromatic nitrogens is 1. The molecule has 1 aliphatic heterocycles. The summed E-state index contributed by atoms with van der Waals surface area (Å²) in [4.78, 5) is 26.7. The van der Waals surface area contributed by atoms with Gasteiger partial charge in [-0.25, -0.2) is 18.0 Å². The topological polar surface area (TPSA) is 104 Å². The predicted molar refractivity (Wildman–Crippen MR) is 162 cm³/mol.